The van der Waals surface area contributed by atoms with Crippen LogP contribution in [-0.4, -0.2) is 11.1 Å². The largest absolute Gasteiger partial charge is 0.478 e. The molecule has 0 aliphatic heterocycles. The molecule has 3 nitrogen and oxygen atoms in total. The molecule has 0 spiro atoms. The summed E-state index contributed by atoms with van der Waals surface area (Å²) in [6, 6.07) is 11.0. The topological polar surface area (TPSA) is 63.3 Å². The van der Waals surface area contributed by atoms with Crippen molar-refractivity contribution >= 4 is 27.6 Å². The van der Waals surface area contributed by atoms with E-state index >= 15 is 0 Å². The van der Waals surface area contributed by atoms with Gasteiger partial charge in [0.1, 0.15) is 0 Å². The average Bonchev–Trinajstić information content (AvgIpc) is 2.30. The number of anilines is 1. The molecule has 3 N–H and O–H groups in total. The zero-order valence-electron chi connectivity index (χ0n) is 9.77. The lowest BCUT2D eigenvalue weighted by molar-refractivity contribution is 0.0698. The molecule has 2 aromatic rings. The molecule has 0 saturated heterocycles. The Balaban J connectivity index is 2.60. The Morgan fingerprint density at radius 3 is 2.39 bits per heavy atom. The normalized spacial score (nSPS) is 10.3. The zero-order chi connectivity index (χ0) is 13.3. The third-order valence-corrected chi connectivity index (χ3v) is 3.31. The molecule has 0 aliphatic rings. The van der Waals surface area contributed by atoms with Gasteiger partial charge < -0.3 is 10.8 Å². The van der Waals surface area contributed by atoms with E-state index in [2.05, 4.69) is 15.9 Å². The van der Waals surface area contributed by atoms with Crippen molar-refractivity contribution in [1.29, 1.82) is 0 Å². The van der Waals surface area contributed by atoms with E-state index < -0.39 is 5.97 Å². The monoisotopic (exact) mass is 305 g/mol. The van der Waals surface area contributed by atoms with Crippen molar-refractivity contribution in [2.24, 2.45) is 0 Å². The Bertz CT molecular complexity index is 606. The van der Waals surface area contributed by atoms with Crippen molar-refractivity contribution in [3.05, 3.63) is 52.0 Å². The molecule has 0 radical (unpaired) electrons. The van der Waals surface area contributed by atoms with Crippen LogP contribution in [0.1, 0.15) is 15.9 Å². The molecule has 18 heavy (non-hydrogen) atoms. The number of hydrogen-bond acceptors (Lipinski definition) is 2. The molecule has 92 valence electrons. The van der Waals surface area contributed by atoms with Gasteiger partial charge in [0, 0.05) is 10.2 Å². The highest BCUT2D eigenvalue weighted by atomic mass is 79.9. The fourth-order valence-electron chi connectivity index (χ4n) is 1.86. The van der Waals surface area contributed by atoms with Crippen molar-refractivity contribution in [3.63, 3.8) is 0 Å². The van der Waals surface area contributed by atoms with Crippen LogP contribution in [0, 0.1) is 6.92 Å². The first-order valence-corrected chi connectivity index (χ1v) is 6.17. The molecule has 0 aromatic heterocycles. The summed E-state index contributed by atoms with van der Waals surface area (Å²) in [5, 5.41) is 9.08. The van der Waals surface area contributed by atoms with Gasteiger partial charge >= 0.3 is 5.97 Å². The van der Waals surface area contributed by atoms with Gasteiger partial charge in [-0.15, -0.1) is 0 Å². The third kappa shape index (κ3) is 2.38. The standard InChI is InChI=1S/C14H12BrNO2/c1-8-6-13(16)12(14(17)18)7-11(8)9-2-4-10(15)5-3-9/h2-7H,16H2,1H3,(H,17,18). The quantitative estimate of drug-likeness (QED) is 0.831. The lowest BCUT2D eigenvalue weighted by Gasteiger charge is -2.10. The first-order chi connectivity index (χ1) is 8.49. The van der Waals surface area contributed by atoms with E-state index in [9.17, 15) is 4.79 Å². The number of aryl methyl sites for hydroxylation is 1. The van der Waals surface area contributed by atoms with Crippen LogP contribution >= 0.6 is 15.9 Å². The van der Waals surface area contributed by atoms with E-state index in [1.165, 1.54) is 0 Å². The SMILES string of the molecule is Cc1cc(N)c(C(=O)O)cc1-c1ccc(Br)cc1. The van der Waals surface area contributed by atoms with Crippen LogP contribution in [0.5, 0.6) is 0 Å². The predicted molar refractivity (Wildman–Crippen MR) is 75.7 cm³/mol. The fraction of sp³-hybridized carbons (Fsp3) is 0.0714. The van der Waals surface area contributed by atoms with Crippen molar-refractivity contribution in [2.75, 3.05) is 5.73 Å². The summed E-state index contributed by atoms with van der Waals surface area (Å²) in [4.78, 5) is 11.1. The van der Waals surface area contributed by atoms with Gasteiger partial charge in [-0.3, -0.25) is 0 Å². The number of rotatable bonds is 2. The highest BCUT2D eigenvalue weighted by Crippen LogP contribution is 2.29. The molecule has 2 aromatic carbocycles. The third-order valence-electron chi connectivity index (χ3n) is 2.78. The summed E-state index contributed by atoms with van der Waals surface area (Å²) in [5.74, 6) is -1.01. The number of nitrogens with two attached hydrogens (primary N) is 1. The summed E-state index contributed by atoms with van der Waals surface area (Å²) in [7, 11) is 0. The van der Waals surface area contributed by atoms with Crippen LogP contribution in [0.2, 0.25) is 0 Å². The van der Waals surface area contributed by atoms with Gasteiger partial charge in [0.05, 0.1) is 5.56 Å². The van der Waals surface area contributed by atoms with Gasteiger partial charge in [0.2, 0.25) is 0 Å². The molecule has 0 heterocycles. The highest BCUT2D eigenvalue weighted by molar-refractivity contribution is 9.10. The minimum absolute atomic E-state index is 0.138. The number of halogens is 1. The van der Waals surface area contributed by atoms with Crippen molar-refractivity contribution in [2.45, 2.75) is 6.92 Å². The summed E-state index contributed by atoms with van der Waals surface area (Å²) in [6.07, 6.45) is 0. The number of carboxylic acids is 1. The fourth-order valence-corrected chi connectivity index (χ4v) is 2.12. The maximum absolute atomic E-state index is 11.1. The Morgan fingerprint density at radius 1 is 1.22 bits per heavy atom. The molecular formula is C14H12BrNO2. The molecule has 0 aliphatic carbocycles. The summed E-state index contributed by atoms with van der Waals surface area (Å²) in [5.41, 5.74) is 8.95. The summed E-state index contributed by atoms with van der Waals surface area (Å²) < 4.78 is 0.984. The number of hydrogen-bond donors (Lipinski definition) is 2. The van der Waals surface area contributed by atoms with Crippen molar-refractivity contribution < 1.29 is 9.90 Å². The van der Waals surface area contributed by atoms with Crippen molar-refractivity contribution in [1.82, 2.24) is 0 Å². The highest BCUT2D eigenvalue weighted by Gasteiger charge is 2.12. The zero-order valence-corrected chi connectivity index (χ0v) is 11.4. The maximum Gasteiger partial charge on any atom is 0.337 e. The Hall–Kier alpha value is -1.81. The molecule has 0 bridgehead atoms. The summed E-state index contributed by atoms with van der Waals surface area (Å²) in [6.45, 7) is 1.92. The molecular weight excluding hydrogens is 294 g/mol. The predicted octanol–water partition coefficient (Wildman–Crippen LogP) is 3.70. The maximum atomic E-state index is 11.1. The van der Waals surface area contributed by atoms with Gasteiger partial charge in [-0.05, 0) is 47.9 Å². The minimum atomic E-state index is -1.01. The molecule has 0 unspecified atom stereocenters. The minimum Gasteiger partial charge on any atom is -0.478 e. The first kappa shape index (κ1) is 12.6. The van der Waals surface area contributed by atoms with Crippen LogP contribution in [0.3, 0.4) is 0 Å². The Labute approximate surface area is 113 Å². The van der Waals surface area contributed by atoms with E-state index in [0.29, 0.717) is 5.69 Å². The van der Waals surface area contributed by atoms with Gasteiger partial charge in [-0.2, -0.15) is 0 Å². The van der Waals surface area contributed by atoms with Crippen LogP contribution < -0.4 is 5.73 Å². The lowest BCUT2D eigenvalue weighted by atomic mass is 9.97. The van der Waals surface area contributed by atoms with E-state index in [1.54, 1.807) is 12.1 Å². The number of benzene rings is 2. The van der Waals surface area contributed by atoms with Gasteiger partial charge in [0.25, 0.3) is 0 Å². The van der Waals surface area contributed by atoms with Gasteiger partial charge in [-0.25, -0.2) is 4.79 Å². The number of carboxylic acid groups (broad SMARTS) is 1. The van der Waals surface area contributed by atoms with Gasteiger partial charge in [-0.1, -0.05) is 28.1 Å². The molecule has 0 atom stereocenters. The molecule has 0 fully saturated rings. The molecule has 2 rings (SSSR count). The number of nitrogen functional groups attached to an aromatic ring is 1. The summed E-state index contributed by atoms with van der Waals surface area (Å²) >= 11 is 3.37. The molecule has 0 saturated carbocycles. The number of aromatic carboxylic acids is 1. The van der Waals surface area contributed by atoms with Crippen LogP contribution in [0.25, 0.3) is 11.1 Å². The second-order valence-electron chi connectivity index (χ2n) is 4.07. The van der Waals surface area contributed by atoms with Gasteiger partial charge in [0.15, 0.2) is 0 Å². The van der Waals surface area contributed by atoms with Crippen LogP contribution in [0.15, 0.2) is 40.9 Å². The second kappa shape index (κ2) is 4.82. The van der Waals surface area contributed by atoms with Crippen LogP contribution in [-0.2, 0) is 0 Å². The average molecular weight is 306 g/mol. The Morgan fingerprint density at radius 2 is 1.83 bits per heavy atom. The van der Waals surface area contributed by atoms with Crippen LogP contribution in [0.4, 0.5) is 5.69 Å². The Kier molecular flexibility index (Phi) is 3.39. The second-order valence-corrected chi connectivity index (χ2v) is 4.98. The van der Waals surface area contributed by atoms with E-state index in [1.807, 2.05) is 31.2 Å². The van der Waals surface area contributed by atoms with E-state index in [0.717, 1.165) is 21.2 Å². The number of carbonyl (C=O) groups is 1. The van der Waals surface area contributed by atoms with E-state index in [-0.39, 0.29) is 5.56 Å². The first-order valence-electron chi connectivity index (χ1n) is 5.38. The molecule has 4 heteroatoms. The lowest BCUT2D eigenvalue weighted by Crippen LogP contribution is -2.03. The van der Waals surface area contributed by atoms with Crippen molar-refractivity contribution in [3.8, 4) is 11.1 Å². The molecule has 0 amide bonds. The smallest absolute Gasteiger partial charge is 0.337 e. The van der Waals surface area contributed by atoms with E-state index in [4.69, 9.17) is 10.8 Å².